The van der Waals surface area contributed by atoms with Gasteiger partial charge in [0.25, 0.3) is 5.91 Å². The molecule has 1 amide bonds. The van der Waals surface area contributed by atoms with Crippen molar-refractivity contribution < 1.29 is 19.1 Å². The molecule has 2 aromatic rings. The molecule has 0 unspecified atom stereocenters. The molecular formula is C18H22N2O4. The molecule has 0 radical (unpaired) electrons. The van der Waals surface area contributed by atoms with Crippen LogP contribution in [0.3, 0.4) is 0 Å². The highest BCUT2D eigenvalue weighted by Crippen LogP contribution is 2.33. The summed E-state index contributed by atoms with van der Waals surface area (Å²) in [6.07, 6.45) is 2.38. The first-order chi connectivity index (χ1) is 11.6. The molecule has 0 bridgehead atoms. The van der Waals surface area contributed by atoms with Crippen molar-refractivity contribution in [3.63, 3.8) is 0 Å². The molecule has 1 aliphatic heterocycles. The largest absolute Gasteiger partial charge is 0.449 e. The number of fused-ring (bicyclic) bond motifs is 1. The third kappa shape index (κ3) is 2.70. The molecule has 128 valence electrons. The van der Waals surface area contributed by atoms with Crippen molar-refractivity contribution in [2.45, 2.75) is 38.3 Å². The van der Waals surface area contributed by atoms with E-state index in [4.69, 9.17) is 9.15 Å². The van der Waals surface area contributed by atoms with Crippen LogP contribution >= 0.6 is 0 Å². The lowest BCUT2D eigenvalue weighted by atomic mass is 9.94. The van der Waals surface area contributed by atoms with Crippen LogP contribution in [0.1, 0.15) is 35.5 Å². The topological polar surface area (TPSA) is 75.8 Å². The second kappa shape index (κ2) is 6.18. The van der Waals surface area contributed by atoms with Crippen LogP contribution in [0.4, 0.5) is 0 Å². The van der Waals surface area contributed by atoms with Gasteiger partial charge in [0.2, 0.25) is 0 Å². The lowest BCUT2D eigenvalue weighted by Gasteiger charge is -2.39. The maximum absolute atomic E-state index is 13.0. The fourth-order valence-corrected chi connectivity index (χ4v) is 3.92. The zero-order valence-electron chi connectivity index (χ0n) is 13.8. The molecule has 24 heavy (non-hydrogen) atoms. The number of ether oxygens (including phenoxy) is 1. The number of rotatable bonds is 2. The quantitative estimate of drug-likeness (QED) is 0.913. The van der Waals surface area contributed by atoms with Gasteiger partial charge in [-0.15, -0.1) is 0 Å². The van der Waals surface area contributed by atoms with Gasteiger partial charge in [-0.25, -0.2) is 4.98 Å². The minimum absolute atomic E-state index is 0.0824. The minimum atomic E-state index is -0.355. The summed E-state index contributed by atoms with van der Waals surface area (Å²) < 4.78 is 11.3. The van der Waals surface area contributed by atoms with E-state index in [-0.39, 0.29) is 24.0 Å². The van der Waals surface area contributed by atoms with Crippen LogP contribution in [0.15, 0.2) is 22.6 Å². The van der Waals surface area contributed by atoms with E-state index in [2.05, 4.69) is 4.98 Å². The van der Waals surface area contributed by atoms with Crippen molar-refractivity contribution in [1.82, 2.24) is 9.88 Å². The number of hydrogen-bond acceptors (Lipinski definition) is 5. The monoisotopic (exact) mass is 330 g/mol. The number of pyridine rings is 1. The maximum atomic E-state index is 13.0. The van der Waals surface area contributed by atoms with Crippen LogP contribution in [0, 0.1) is 12.8 Å². The van der Waals surface area contributed by atoms with Gasteiger partial charge in [0.15, 0.2) is 11.3 Å². The number of carbonyl (C=O) groups is 1. The van der Waals surface area contributed by atoms with Crippen molar-refractivity contribution >= 4 is 17.0 Å². The summed E-state index contributed by atoms with van der Waals surface area (Å²) in [4.78, 5) is 19.2. The van der Waals surface area contributed by atoms with Gasteiger partial charge in [0.05, 0.1) is 25.4 Å². The van der Waals surface area contributed by atoms with Crippen molar-refractivity contribution in [3.8, 4) is 0 Å². The number of aliphatic hydroxyl groups excluding tert-OH is 1. The fraction of sp³-hybridized carbons (Fsp3) is 0.556. The number of carbonyl (C=O) groups excluding carboxylic acids is 1. The first kappa shape index (κ1) is 15.6. The molecule has 0 spiro atoms. The molecule has 3 atom stereocenters. The number of hydrogen-bond donors (Lipinski definition) is 1. The predicted molar refractivity (Wildman–Crippen MR) is 87.7 cm³/mol. The molecule has 1 N–H and O–H groups in total. The van der Waals surface area contributed by atoms with Crippen molar-refractivity contribution in [2.24, 2.45) is 5.92 Å². The number of morpholine rings is 1. The van der Waals surface area contributed by atoms with Gasteiger partial charge in [-0.3, -0.25) is 4.79 Å². The van der Waals surface area contributed by atoms with Crippen LogP contribution in [-0.4, -0.2) is 52.8 Å². The Morgan fingerprint density at radius 2 is 2.25 bits per heavy atom. The number of aromatic nitrogens is 1. The van der Waals surface area contributed by atoms with Crippen molar-refractivity contribution in [1.29, 1.82) is 0 Å². The molecule has 2 aliphatic rings. The summed E-state index contributed by atoms with van der Waals surface area (Å²) >= 11 is 0. The molecule has 2 aromatic heterocycles. The summed E-state index contributed by atoms with van der Waals surface area (Å²) in [5, 5.41) is 10.2. The maximum Gasteiger partial charge on any atom is 0.290 e. The van der Waals surface area contributed by atoms with Crippen LogP contribution in [0.2, 0.25) is 0 Å². The molecule has 6 heteroatoms. The Hall–Kier alpha value is -1.92. The Kier molecular flexibility index (Phi) is 4.02. The van der Waals surface area contributed by atoms with E-state index in [0.29, 0.717) is 36.6 Å². The summed E-state index contributed by atoms with van der Waals surface area (Å²) in [6.45, 7) is 3.43. The van der Waals surface area contributed by atoms with Gasteiger partial charge in [-0.2, -0.15) is 0 Å². The van der Waals surface area contributed by atoms with Crippen LogP contribution < -0.4 is 0 Å². The SMILES string of the molecule is Cc1ccc2oc(C(=O)N3CCOC[C@@H]3[C@@H]3CCC[C@@H]3O)cc2n1. The number of aliphatic hydroxyl groups is 1. The second-order valence-electron chi connectivity index (χ2n) is 6.75. The van der Waals surface area contributed by atoms with Crippen molar-refractivity contribution in [3.05, 3.63) is 29.7 Å². The van der Waals surface area contributed by atoms with Gasteiger partial charge >= 0.3 is 0 Å². The second-order valence-corrected chi connectivity index (χ2v) is 6.75. The number of furan rings is 1. The Bertz CT molecular complexity index is 757. The van der Waals surface area contributed by atoms with Gasteiger partial charge in [0.1, 0.15) is 5.52 Å². The van der Waals surface area contributed by atoms with Crippen LogP contribution in [0.25, 0.3) is 11.1 Å². The number of amides is 1. The van der Waals surface area contributed by atoms with Gasteiger partial charge < -0.3 is 19.2 Å². The Morgan fingerprint density at radius 3 is 3.04 bits per heavy atom. The molecule has 3 heterocycles. The van der Waals surface area contributed by atoms with E-state index in [9.17, 15) is 9.90 Å². The summed E-state index contributed by atoms with van der Waals surface area (Å²) in [5.41, 5.74) is 2.21. The highest BCUT2D eigenvalue weighted by molar-refractivity contribution is 5.95. The van der Waals surface area contributed by atoms with Crippen molar-refractivity contribution in [2.75, 3.05) is 19.8 Å². The normalized spacial score (nSPS) is 27.8. The Morgan fingerprint density at radius 1 is 1.38 bits per heavy atom. The number of aryl methyl sites for hydroxylation is 1. The molecule has 6 nitrogen and oxygen atoms in total. The summed E-state index contributed by atoms with van der Waals surface area (Å²) in [5.74, 6) is 0.250. The van der Waals surface area contributed by atoms with E-state index in [1.54, 1.807) is 6.07 Å². The van der Waals surface area contributed by atoms with E-state index in [1.807, 2.05) is 24.0 Å². The fourth-order valence-electron chi connectivity index (χ4n) is 3.92. The third-order valence-electron chi connectivity index (χ3n) is 5.18. The van der Waals surface area contributed by atoms with E-state index in [1.165, 1.54) is 0 Å². The van der Waals surface area contributed by atoms with Crippen LogP contribution in [-0.2, 0) is 4.74 Å². The lowest BCUT2D eigenvalue weighted by molar-refractivity contribution is -0.0393. The first-order valence-electron chi connectivity index (χ1n) is 8.57. The van der Waals surface area contributed by atoms with E-state index in [0.717, 1.165) is 25.0 Å². The average Bonchev–Trinajstić information content (AvgIpc) is 3.19. The van der Waals surface area contributed by atoms with Gasteiger partial charge in [-0.05, 0) is 31.9 Å². The van der Waals surface area contributed by atoms with E-state index < -0.39 is 0 Å². The van der Waals surface area contributed by atoms with Gasteiger partial charge in [0, 0.05) is 24.2 Å². The lowest BCUT2D eigenvalue weighted by Crippen LogP contribution is -2.53. The zero-order chi connectivity index (χ0) is 16.7. The first-order valence-corrected chi connectivity index (χ1v) is 8.57. The standard InChI is InChI=1S/C18H22N2O4/c1-11-5-6-16-13(19-11)9-17(24-16)18(22)20-7-8-23-10-14(20)12-3-2-4-15(12)21/h5-6,9,12,14-15,21H,2-4,7-8,10H2,1H3/t12-,14+,15-/m0/s1. The molecule has 0 aromatic carbocycles. The molecular weight excluding hydrogens is 308 g/mol. The molecule has 1 aliphatic carbocycles. The Balaban J connectivity index is 1.62. The molecule has 2 fully saturated rings. The number of nitrogens with zero attached hydrogens (tertiary/aromatic N) is 2. The summed E-state index contributed by atoms with van der Waals surface area (Å²) in [7, 11) is 0. The zero-order valence-corrected chi connectivity index (χ0v) is 13.8. The highest BCUT2D eigenvalue weighted by Gasteiger charge is 2.40. The molecule has 1 saturated heterocycles. The highest BCUT2D eigenvalue weighted by atomic mass is 16.5. The smallest absolute Gasteiger partial charge is 0.290 e. The van der Waals surface area contributed by atoms with Crippen LogP contribution in [0.5, 0.6) is 0 Å². The predicted octanol–water partition coefficient (Wildman–Crippen LogP) is 2.14. The minimum Gasteiger partial charge on any atom is -0.449 e. The average molecular weight is 330 g/mol. The summed E-state index contributed by atoms with van der Waals surface area (Å²) in [6, 6.07) is 5.33. The molecule has 1 saturated carbocycles. The molecule has 4 rings (SSSR count). The third-order valence-corrected chi connectivity index (χ3v) is 5.18. The van der Waals surface area contributed by atoms with E-state index >= 15 is 0 Å². The Labute approximate surface area is 140 Å². The van der Waals surface area contributed by atoms with Gasteiger partial charge in [-0.1, -0.05) is 6.42 Å².